The number of ketones is 1. The van der Waals surface area contributed by atoms with Crippen LogP contribution in [0.2, 0.25) is 0 Å². The molecule has 2 rings (SSSR count). The van der Waals surface area contributed by atoms with E-state index < -0.39 is 5.97 Å². The number of rotatable bonds is 6. The number of carboxylic acids is 1. The zero-order chi connectivity index (χ0) is 13.8. The Labute approximate surface area is 108 Å². The zero-order valence-corrected chi connectivity index (χ0v) is 10.2. The largest absolute Gasteiger partial charge is 0.481 e. The zero-order valence-electron chi connectivity index (χ0n) is 10.2. The number of aromatic nitrogens is 2. The number of hydrogen-bond acceptors (Lipinski definition) is 3. The third kappa shape index (κ3) is 3.31. The van der Waals surface area contributed by atoms with Crippen molar-refractivity contribution in [3.8, 4) is 0 Å². The summed E-state index contributed by atoms with van der Waals surface area (Å²) in [5.41, 5.74) is 1.48. The quantitative estimate of drug-likeness (QED) is 0.544. The summed E-state index contributed by atoms with van der Waals surface area (Å²) in [5.74, 6) is -0.895. The van der Waals surface area contributed by atoms with Gasteiger partial charge in [-0.15, -0.1) is 0 Å². The number of hydrogen-bond donors (Lipinski definition) is 3. The fourth-order valence-electron chi connectivity index (χ4n) is 1.91. The van der Waals surface area contributed by atoms with Gasteiger partial charge in [-0.05, 0) is 31.0 Å². The molecule has 0 saturated carbocycles. The average molecular weight is 262 g/mol. The topological polar surface area (TPSA) is 103 Å². The van der Waals surface area contributed by atoms with Crippen LogP contribution >= 0.6 is 0 Å². The minimum absolute atomic E-state index is 0.0469. The van der Waals surface area contributed by atoms with Crippen LogP contribution in [0.3, 0.4) is 0 Å². The van der Waals surface area contributed by atoms with Crippen LogP contribution in [0.15, 0.2) is 23.0 Å². The van der Waals surface area contributed by atoms with E-state index in [9.17, 15) is 14.4 Å². The van der Waals surface area contributed by atoms with Crippen LogP contribution in [0.4, 0.5) is 0 Å². The number of Topliss-reactive ketones (excluding diaryl/α,β-unsaturated/α-hetero) is 1. The molecule has 1 heterocycles. The lowest BCUT2D eigenvalue weighted by Gasteiger charge is -2.00. The molecule has 6 nitrogen and oxygen atoms in total. The first-order valence-electron chi connectivity index (χ1n) is 6.03. The molecule has 1 aromatic carbocycles. The van der Waals surface area contributed by atoms with E-state index in [0.29, 0.717) is 35.9 Å². The number of carboxylic acid groups (broad SMARTS) is 1. The smallest absolute Gasteiger partial charge is 0.323 e. The van der Waals surface area contributed by atoms with Gasteiger partial charge in [0.15, 0.2) is 5.78 Å². The van der Waals surface area contributed by atoms with E-state index in [1.54, 1.807) is 18.2 Å². The van der Waals surface area contributed by atoms with Crippen LogP contribution in [0.1, 0.15) is 36.0 Å². The van der Waals surface area contributed by atoms with Gasteiger partial charge < -0.3 is 15.1 Å². The van der Waals surface area contributed by atoms with Crippen molar-refractivity contribution in [3.63, 3.8) is 0 Å². The highest BCUT2D eigenvalue weighted by atomic mass is 16.4. The molecule has 19 heavy (non-hydrogen) atoms. The highest BCUT2D eigenvalue weighted by molar-refractivity contribution is 5.98. The van der Waals surface area contributed by atoms with Gasteiger partial charge in [0.2, 0.25) is 0 Å². The molecule has 0 aliphatic rings. The van der Waals surface area contributed by atoms with Crippen molar-refractivity contribution in [2.45, 2.75) is 25.7 Å². The molecule has 0 amide bonds. The number of imidazole rings is 1. The van der Waals surface area contributed by atoms with E-state index in [1.165, 1.54) is 0 Å². The molecule has 0 unspecified atom stereocenters. The fraction of sp³-hybridized carbons (Fsp3) is 0.308. The maximum absolute atomic E-state index is 11.9. The van der Waals surface area contributed by atoms with Crippen molar-refractivity contribution in [1.82, 2.24) is 9.97 Å². The van der Waals surface area contributed by atoms with Gasteiger partial charge in [-0.3, -0.25) is 9.59 Å². The molecule has 0 radical (unpaired) electrons. The summed E-state index contributed by atoms with van der Waals surface area (Å²) in [7, 11) is 0. The SMILES string of the molecule is O=C(O)CCCCC(=O)c1ccc2[nH]c(=O)[nH]c2c1. The molecule has 0 atom stereocenters. The summed E-state index contributed by atoms with van der Waals surface area (Å²) in [6.07, 6.45) is 1.43. The number of unbranched alkanes of at least 4 members (excludes halogenated alkanes) is 1. The Balaban J connectivity index is 2.00. The van der Waals surface area contributed by atoms with Gasteiger partial charge in [0, 0.05) is 18.4 Å². The van der Waals surface area contributed by atoms with Crippen molar-refractivity contribution >= 4 is 22.8 Å². The van der Waals surface area contributed by atoms with Gasteiger partial charge in [-0.1, -0.05) is 0 Å². The van der Waals surface area contributed by atoms with Gasteiger partial charge in [0.25, 0.3) is 0 Å². The summed E-state index contributed by atoms with van der Waals surface area (Å²) in [5, 5.41) is 8.49. The van der Waals surface area contributed by atoms with Crippen LogP contribution in [-0.4, -0.2) is 26.8 Å². The molecule has 0 saturated heterocycles. The Morgan fingerprint density at radius 1 is 1.05 bits per heavy atom. The second-order valence-electron chi connectivity index (χ2n) is 4.36. The van der Waals surface area contributed by atoms with Crippen molar-refractivity contribution < 1.29 is 14.7 Å². The van der Waals surface area contributed by atoms with Gasteiger partial charge in [-0.25, -0.2) is 4.79 Å². The van der Waals surface area contributed by atoms with Crippen molar-refractivity contribution in [2.24, 2.45) is 0 Å². The standard InChI is InChI=1S/C13H14N2O4/c16-11(3-1-2-4-12(17)18)8-5-6-9-10(7-8)15-13(19)14-9/h5-7H,1-4H2,(H,17,18)(H2,14,15,19). The molecule has 100 valence electrons. The Hall–Kier alpha value is -2.37. The number of fused-ring (bicyclic) bond motifs is 1. The Bertz CT molecular complexity index is 669. The lowest BCUT2D eigenvalue weighted by Crippen LogP contribution is -2.00. The Morgan fingerprint density at radius 2 is 1.74 bits per heavy atom. The van der Waals surface area contributed by atoms with Gasteiger partial charge >= 0.3 is 11.7 Å². The van der Waals surface area contributed by atoms with Gasteiger partial charge in [0.1, 0.15) is 0 Å². The molecule has 2 aromatic rings. The molecule has 3 N–H and O–H groups in total. The van der Waals surface area contributed by atoms with Crippen LogP contribution in [0.5, 0.6) is 0 Å². The van der Waals surface area contributed by atoms with Crippen molar-refractivity contribution in [3.05, 3.63) is 34.2 Å². The lowest BCUT2D eigenvalue weighted by molar-refractivity contribution is -0.137. The van der Waals surface area contributed by atoms with Crippen molar-refractivity contribution in [1.29, 1.82) is 0 Å². The summed E-state index contributed by atoms with van der Waals surface area (Å²) in [4.78, 5) is 38.5. The van der Waals surface area contributed by atoms with Crippen LogP contribution in [0.25, 0.3) is 11.0 Å². The summed E-state index contributed by atoms with van der Waals surface area (Å²) < 4.78 is 0. The predicted octanol–water partition coefficient (Wildman–Crippen LogP) is 1.68. The number of aliphatic carboxylic acids is 1. The molecule has 0 aliphatic heterocycles. The normalized spacial score (nSPS) is 10.7. The summed E-state index contributed by atoms with van der Waals surface area (Å²) in [6, 6.07) is 4.97. The maximum Gasteiger partial charge on any atom is 0.323 e. The van der Waals surface area contributed by atoms with E-state index in [2.05, 4.69) is 9.97 Å². The highest BCUT2D eigenvalue weighted by Crippen LogP contribution is 2.13. The first kappa shape index (κ1) is 13.1. The molecular weight excluding hydrogens is 248 g/mol. The molecule has 0 spiro atoms. The van der Waals surface area contributed by atoms with Gasteiger partial charge in [0.05, 0.1) is 11.0 Å². The molecule has 6 heteroatoms. The van der Waals surface area contributed by atoms with Crippen LogP contribution < -0.4 is 5.69 Å². The molecule has 1 aromatic heterocycles. The second-order valence-corrected chi connectivity index (χ2v) is 4.36. The number of nitrogens with one attached hydrogen (secondary N) is 2. The second kappa shape index (κ2) is 5.51. The fourth-order valence-corrected chi connectivity index (χ4v) is 1.91. The number of H-pyrrole nitrogens is 2. The van der Waals surface area contributed by atoms with E-state index in [-0.39, 0.29) is 17.9 Å². The minimum atomic E-state index is -0.848. The third-order valence-corrected chi connectivity index (χ3v) is 2.88. The number of carbonyl (C=O) groups excluding carboxylic acids is 1. The molecular formula is C13H14N2O4. The third-order valence-electron chi connectivity index (χ3n) is 2.88. The number of carbonyl (C=O) groups is 2. The van der Waals surface area contributed by atoms with E-state index in [0.717, 1.165) is 0 Å². The average Bonchev–Trinajstić information content (AvgIpc) is 2.73. The van der Waals surface area contributed by atoms with Gasteiger partial charge in [-0.2, -0.15) is 0 Å². The number of aromatic amines is 2. The van der Waals surface area contributed by atoms with E-state index in [4.69, 9.17) is 5.11 Å². The lowest BCUT2D eigenvalue weighted by atomic mass is 10.0. The minimum Gasteiger partial charge on any atom is -0.481 e. The van der Waals surface area contributed by atoms with Crippen LogP contribution in [0, 0.1) is 0 Å². The van der Waals surface area contributed by atoms with E-state index >= 15 is 0 Å². The van der Waals surface area contributed by atoms with Crippen molar-refractivity contribution in [2.75, 3.05) is 0 Å². The summed E-state index contributed by atoms with van der Waals surface area (Å²) in [6.45, 7) is 0. The molecule has 0 fully saturated rings. The molecule has 0 bridgehead atoms. The first-order valence-corrected chi connectivity index (χ1v) is 6.03. The highest BCUT2D eigenvalue weighted by Gasteiger charge is 2.08. The molecule has 0 aliphatic carbocycles. The Kier molecular flexibility index (Phi) is 3.79. The number of benzene rings is 1. The maximum atomic E-state index is 11.9. The van der Waals surface area contributed by atoms with Crippen LogP contribution in [-0.2, 0) is 4.79 Å². The van der Waals surface area contributed by atoms with E-state index in [1.807, 2.05) is 0 Å². The summed E-state index contributed by atoms with van der Waals surface area (Å²) >= 11 is 0. The Morgan fingerprint density at radius 3 is 2.47 bits per heavy atom. The first-order chi connectivity index (χ1) is 9.06. The predicted molar refractivity (Wildman–Crippen MR) is 69.4 cm³/mol. The monoisotopic (exact) mass is 262 g/mol.